The molecule has 1 aliphatic rings. The molecule has 1 saturated heterocycles. The Labute approximate surface area is 93.1 Å². The van der Waals surface area contributed by atoms with Gasteiger partial charge in [-0.3, -0.25) is 4.79 Å². The van der Waals surface area contributed by atoms with E-state index in [-0.39, 0.29) is 5.91 Å². The fraction of sp³-hybridized carbons (Fsp3) is 0.500. The summed E-state index contributed by atoms with van der Waals surface area (Å²) in [5.74, 6) is 0.593. The molecule has 6 nitrogen and oxygen atoms in total. The molecule has 0 saturated carbocycles. The van der Waals surface area contributed by atoms with E-state index in [4.69, 9.17) is 0 Å². The first-order chi connectivity index (χ1) is 7.77. The highest BCUT2D eigenvalue weighted by atomic mass is 16.5. The molecular formula is C10H14N4O2. The Kier molecular flexibility index (Phi) is 3.31. The second-order valence-electron chi connectivity index (χ2n) is 3.69. The molecular weight excluding hydrogens is 208 g/mol. The van der Waals surface area contributed by atoms with Crippen LogP contribution in [0.1, 0.15) is 12.7 Å². The van der Waals surface area contributed by atoms with Crippen molar-refractivity contribution in [2.45, 2.75) is 13.3 Å². The van der Waals surface area contributed by atoms with Crippen LogP contribution in [0.25, 0.3) is 0 Å². The van der Waals surface area contributed by atoms with E-state index in [0.29, 0.717) is 18.8 Å². The van der Waals surface area contributed by atoms with Crippen LogP contribution in [0.2, 0.25) is 0 Å². The van der Waals surface area contributed by atoms with Crippen LogP contribution in [0.3, 0.4) is 0 Å². The number of hydrogen-bond acceptors (Lipinski definition) is 5. The van der Waals surface area contributed by atoms with E-state index in [1.54, 1.807) is 0 Å². The van der Waals surface area contributed by atoms with Crippen molar-refractivity contribution in [2.75, 3.05) is 19.6 Å². The summed E-state index contributed by atoms with van der Waals surface area (Å²) in [6, 6.07) is 0. The third-order valence-corrected chi connectivity index (χ3v) is 2.59. The molecule has 86 valence electrons. The van der Waals surface area contributed by atoms with E-state index in [2.05, 4.69) is 25.3 Å². The maximum absolute atomic E-state index is 11.6. The largest absolute Gasteiger partial charge is 0.352 e. The lowest BCUT2D eigenvalue weighted by Gasteiger charge is -2.21. The summed E-state index contributed by atoms with van der Waals surface area (Å²) >= 11 is 0. The third-order valence-electron chi connectivity index (χ3n) is 2.59. The molecule has 2 N–H and O–H groups in total. The van der Waals surface area contributed by atoms with Crippen molar-refractivity contribution in [3.8, 4) is 0 Å². The van der Waals surface area contributed by atoms with Crippen LogP contribution < -0.4 is 10.6 Å². The van der Waals surface area contributed by atoms with E-state index in [0.717, 1.165) is 18.7 Å². The molecule has 0 unspecified atom stereocenters. The van der Waals surface area contributed by atoms with Crippen molar-refractivity contribution in [3.63, 3.8) is 0 Å². The zero-order valence-electron chi connectivity index (χ0n) is 9.12. The van der Waals surface area contributed by atoms with Gasteiger partial charge < -0.3 is 15.2 Å². The van der Waals surface area contributed by atoms with Gasteiger partial charge in [-0.15, -0.1) is 0 Å². The Hall–Kier alpha value is -1.69. The monoisotopic (exact) mass is 222 g/mol. The Morgan fingerprint density at radius 1 is 1.62 bits per heavy atom. The smallest absolute Gasteiger partial charge is 0.246 e. The molecule has 1 aliphatic heterocycles. The van der Waals surface area contributed by atoms with Gasteiger partial charge in [0.15, 0.2) is 5.82 Å². The van der Waals surface area contributed by atoms with E-state index >= 15 is 0 Å². The molecule has 0 aliphatic carbocycles. The Balaban J connectivity index is 1.76. The van der Waals surface area contributed by atoms with Crippen LogP contribution in [0.4, 0.5) is 0 Å². The van der Waals surface area contributed by atoms with Crippen LogP contribution in [0, 0.1) is 0 Å². The maximum Gasteiger partial charge on any atom is 0.246 e. The molecule has 1 amide bonds. The number of amides is 1. The van der Waals surface area contributed by atoms with Gasteiger partial charge in [-0.25, -0.2) is 0 Å². The summed E-state index contributed by atoms with van der Waals surface area (Å²) in [4.78, 5) is 15.5. The molecule has 16 heavy (non-hydrogen) atoms. The SMILES string of the molecule is CC(C(=O)NCCc1ncon1)=C1CNC1. The molecule has 0 aromatic carbocycles. The highest BCUT2D eigenvalue weighted by Crippen LogP contribution is 2.08. The predicted octanol–water partition coefficient (Wildman–Crippen LogP) is -0.352. The minimum absolute atomic E-state index is 0.0139. The molecule has 1 aromatic rings. The van der Waals surface area contributed by atoms with Crippen molar-refractivity contribution in [1.29, 1.82) is 0 Å². The Morgan fingerprint density at radius 3 is 3.00 bits per heavy atom. The minimum atomic E-state index is -0.0139. The van der Waals surface area contributed by atoms with E-state index < -0.39 is 0 Å². The number of nitrogens with zero attached hydrogens (tertiary/aromatic N) is 2. The number of hydrogen-bond donors (Lipinski definition) is 2. The molecule has 1 aromatic heterocycles. The van der Waals surface area contributed by atoms with E-state index in [9.17, 15) is 4.79 Å². The second kappa shape index (κ2) is 4.89. The topological polar surface area (TPSA) is 80.1 Å². The number of aromatic nitrogens is 2. The Morgan fingerprint density at radius 2 is 2.44 bits per heavy atom. The van der Waals surface area contributed by atoms with Crippen LogP contribution in [-0.2, 0) is 11.2 Å². The summed E-state index contributed by atoms with van der Waals surface area (Å²) in [6.45, 7) is 4.02. The first-order valence-electron chi connectivity index (χ1n) is 5.20. The first-order valence-corrected chi connectivity index (χ1v) is 5.20. The molecule has 2 rings (SSSR count). The zero-order chi connectivity index (χ0) is 11.4. The fourth-order valence-corrected chi connectivity index (χ4v) is 1.40. The van der Waals surface area contributed by atoms with Crippen LogP contribution in [-0.4, -0.2) is 35.7 Å². The lowest BCUT2D eigenvalue weighted by Crippen LogP contribution is -2.38. The van der Waals surface area contributed by atoms with Crippen LogP contribution in [0.15, 0.2) is 22.1 Å². The summed E-state index contributed by atoms with van der Waals surface area (Å²) in [7, 11) is 0. The molecule has 0 atom stereocenters. The summed E-state index contributed by atoms with van der Waals surface area (Å²) in [5, 5.41) is 9.59. The van der Waals surface area contributed by atoms with Gasteiger partial charge >= 0.3 is 0 Å². The van der Waals surface area contributed by atoms with Crippen molar-refractivity contribution in [3.05, 3.63) is 23.4 Å². The lowest BCUT2D eigenvalue weighted by molar-refractivity contribution is -0.117. The van der Waals surface area contributed by atoms with Gasteiger partial charge in [0, 0.05) is 31.6 Å². The van der Waals surface area contributed by atoms with Gasteiger partial charge in [-0.1, -0.05) is 5.16 Å². The van der Waals surface area contributed by atoms with Crippen molar-refractivity contribution < 1.29 is 9.32 Å². The Bertz CT molecular complexity index is 391. The van der Waals surface area contributed by atoms with E-state index in [1.807, 2.05) is 6.92 Å². The van der Waals surface area contributed by atoms with Crippen LogP contribution in [0.5, 0.6) is 0 Å². The quantitative estimate of drug-likeness (QED) is 0.680. The number of nitrogens with one attached hydrogen (secondary N) is 2. The van der Waals surface area contributed by atoms with E-state index in [1.165, 1.54) is 12.0 Å². The maximum atomic E-state index is 11.6. The van der Waals surface area contributed by atoms with Gasteiger partial charge in [0.1, 0.15) is 0 Å². The predicted molar refractivity (Wildman–Crippen MR) is 56.6 cm³/mol. The second-order valence-corrected chi connectivity index (χ2v) is 3.69. The van der Waals surface area contributed by atoms with Gasteiger partial charge in [0.25, 0.3) is 0 Å². The highest BCUT2D eigenvalue weighted by molar-refractivity contribution is 5.93. The number of carbonyl (C=O) groups is 1. The van der Waals surface area contributed by atoms with Gasteiger partial charge in [-0.05, 0) is 12.5 Å². The number of carbonyl (C=O) groups excluding carboxylic acids is 1. The zero-order valence-corrected chi connectivity index (χ0v) is 9.12. The van der Waals surface area contributed by atoms with Gasteiger partial charge in [-0.2, -0.15) is 4.98 Å². The number of rotatable bonds is 4. The summed E-state index contributed by atoms with van der Waals surface area (Å²) in [5.41, 5.74) is 1.99. The molecule has 0 radical (unpaired) electrons. The standard InChI is InChI=1S/C10H14N4O2/c1-7(8-4-11-5-8)10(15)12-3-2-9-13-6-16-14-9/h6,11H,2-5H2,1H3,(H,12,15). The highest BCUT2D eigenvalue weighted by Gasteiger charge is 2.15. The molecule has 0 bridgehead atoms. The van der Waals surface area contributed by atoms with Crippen molar-refractivity contribution in [2.24, 2.45) is 0 Å². The third kappa shape index (κ3) is 2.46. The fourth-order valence-electron chi connectivity index (χ4n) is 1.40. The average molecular weight is 222 g/mol. The normalized spacial score (nSPS) is 14.4. The average Bonchev–Trinajstić information content (AvgIpc) is 2.67. The minimum Gasteiger partial charge on any atom is -0.352 e. The molecule has 0 spiro atoms. The first kappa shape index (κ1) is 10.8. The summed E-state index contributed by atoms with van der Waals surface area (Å²) < 4.78 is 4.59. The molecule has 2 heterocycles. The lowest BCUT2D eigenvalue weighted by atomic mass is 10.0. The van der Waals surface area contributed by atoms with Crippen molar-refractivity contribution in [1.82, 2.24) is 20.8 Å². The van der Waals surface area contributed by atoms with Gasteiger partial charge in [0.2, 0.25) is 12.3 Å². The van der Waals surface area contributed by atoms with Gasteiger partial charge in [0.05, 0.1) is 0 Å². The summed E-state index contributed by atoms with van der Waals surface area (Å²) in [6.07, 6.45) is 1.87. The van der Waals surface area contributed by atoms with Crippen molar-refractivity contribution >= 4 is 5.91 Å². The van der Waals surface area contributed by atoms with Crippen LogP contribution >= 0.6 is 0 Å². The molecule has 6 heteroatoms. The molecule has 1 fully saturated rings.